The molecule has 2 fully saturated rings. The Labute approximate surface area is 128 Å². The molecule has 3 nitrogen and oxygen atoms in total. The first kappa shape index (κ1) is 14.1. The van der Waals surface area contributed by atoms with E-state index in [2.05, 4.69) is 44.3 Å². The van der Waals surface area contributed by atoms with E-state index in [1.54, 1.807) is 0 Å². The zero-order chi connectivity index (χ0) is 13.9. The maximum Gasteiger partial charge on any atom is 0.225 e. The number of piperidine rings is 1. The number of benzene rings is 1. The van der Waals surface area contributed by atoms with E-state index in [1.165, 1.54) is 5.56 Å². The summed E-state index contributed by atoms with van der Waals surface area (Å²) >= 11 is 3.50. The Morgan fingerprint density at radius 2 is 2.00 bits per heavy atom. The summed E-state index contributed by atoms with van der Waals surface area (Å²) in [6, 6.07) is 8.95. The van der Waals surface area contributed by atoms with Crippen molar-refractivity contribution in [3.8, 4) is 0 Å². The fourth-order valence-electron chi connectivity index (χ4n) is 2.80. The highest BCUT2D eigenvalue weighted by Crippen LogP contribution is 2.31. The second-order valence-electron chi connectivity index (χ2n) is 5.88. The van der Waals surface area contributed by atoms with Crippen molar-refractivity contribution < 1.29 is 4.79 Å². The zero-order valence-electron chi connectivity index (χ0n) is 11.6. The van der Waals surface area contributed by atoms with Crippen molar-refractivity contribution in [2.75, 3.05) is 13.1 Å². The molecule has 0 aromatic heterocycles. The number of likely N-dealkylation sites (tertiary alicyclic amines) is 1. The minimum absolute atomic E-state index is 0.362. The topological polar surface area (TPSA) is 32.3 Å². The summed E-state index contributed by atoms with van der Waals surface area (Å²) in [5.74, 6) is 0.761. The van der Waals surface area contributed by atoms with E-state index in [0.29, 0.717) is 17.9 Å². The van der Waals surface area contributed by atoms with Gasteiger partial charge in [-0.1, -0.05) is 28.1 Å². The molecular formula is C16H21BrN2O. The Balaban J connectivity index is 1.43. The Morgan fingerprint density at radius 3 is 2.65 bits per heavy atom. The van der Waals surface area contributed by atoms with E-state index in [1.807, 2.05) is 6.07 Å². The minimum Gasteiger partial charge on any atom is -0.342 e. The molecule has 1 aromatic rings. The number of carbonyl (C=O) groups is 1. The van der Waals surface area contributed by atoms with E-state index < -0.39 is 0 Å². The molecule has 0 unspecified atom stereocenters. The number of amides is 1. The van der Waals surface area contributed by atoms with Gasteiger partial charge in [0.05, 0.1) is 0 Å². The van der Waals surface area contributed by atoms with Crippen LogP contribution >= 0.6 is 15.9 Å². The molecule has 1 saturated carbocycles. The van der Waals surface area contributed by atoms with E-state index in [9.17, 15) is 4.79 Å². The quantitative estimate of drug-likeness (QED) is 0.916. The monoisotopic (exact) mass is 336 g/mol. The van der Waals surface area contributed by atoms with Crippen molar-refractivity contribution in [1.29, 1.82) is 0 Å². The molecular weight excluding hydrogens is 316 g/mol. The summed E-state index contributed by atoms with van der Waals surface area (Å²) in [4.78, 5) is 14.0. The molecule has 1 heterocycles. The first-order chi connectivity index (χ1) is 9.72. The molecule has 0 spiro atoms. The van der Waals surface area contributed by atoms with E-state index in [4.69, 9.17) is 0 Å². The molecule has 1 aliphatic heterocycles. The van der Waals surface area contributed by atoms with E-state index >= 15 is 0 Å². The third-order valence-corrected chi connectivity index (χ3v) is 4.71. The predicted molar refractivity (Wildman–Crippen MR) is 83.3 cm³/mol. The Kier molecular flexibility index (Phi) is 4.41. The van der Waals surface area contributed by atoms with Crippen molar-refractivity contribution in [2.24, 2.45) is 5.92 Å². The highest BCUT2D eigenvalue weighted by molar-refractivity contribution is 9.10. The van der Waals surface area contributed by atoms with Gasteiger partial charge in [0.2, 0.25) is 5.91 Å². The minimum atomic E-state index is 0.362. The summed E-state index contributed by atoms with van der Waals surface area (Å²) in [5.41, 5.74) is 1.30. The highest BCUT2D eigenvalue weighted by Gasteiger charge is 2.34. The molecule has 2 aliphatic rings. The summed E-state index contributed by atoms with van der Waals surface area (Å²) < 4.78 is 1.13. The molecule has 1 N–H and O–H groups in total. The van der Waals surface area contributed by atoms with Crippen LogP contribution in [0.4, 0.5) is 0 Å². The average molecular weight is 337 g/mol. The van der Waals surface area contributed by atoms with Crippen LogP contribution < -0.4 is 5.32 Å². The van der Waals surface area contributed by atoms with Crippen molar-refractivity contribution in [1.82, 2.24) is 10.2 Å². The third kappa shape index (κ3) is 3.61. The molecule has 108 valence electrons. The summed E-state index contributed by atoms with van der Waals surface area (Å²) in [6.45, 7) is 2.75. The first-order valence-electron chi connectivity index (χ1n) is 7.49. The molecule has 1 saturated heterocycles. The van der Waals surface area contributed by atoms with Crippen LogP contribution in [-0.4, -0.2) is 29.9 Å². The van der Waals surface area contributed by atoms with Crippen molar-refractivity contribution >= 4 is 21.8 Å². The number of rotatable bonds is 4. The standard InChI is InChI=1S/C16H21BrN2O/c17-14-3-1-2-12(10-14)11-18-15-6-8-19(9-7-15)16(20)13-4-5-13/h1-3,10,13,15,18H,4-9,11H2. The number of hydrogen-bond acceptors (Lipinski definition) is 2. The van der Waals surface area contributed by atoms with E-state index in [-0.39, 0.29) is 0 Å². The summed E-state index contributed by atoms with van der Waals surface area (Å²) in [5, 5.41) is 3.61. The lowest BCUT2D eigenvalue weighted by molar-refractivity contribution is -0.133. The smallest absolute Gasteiger partial charge is 0.225 e. The van der Waals surface area contributed by atoms with Crippen molar-refractivity contribution in [3.63, 3.8) is 0 Å². The molecule has 0 radical (unpaired) electrons. The molecule has 20 heavy (non-hydrogen) atoms. The second kappa shape index (κ2) is 6.27. The van der Waals surface area contributed by atoms with Gasteiger partial charge in [0, 0.05) is 36.1 Å². The molecule has 1 aliphatic carbocycles. The summed E-state index contributed by atoms with van der Waals surface area (Å²) in [7, 11) is 0. The van der Waals surface area contributed by atoms with E-state index in [0.717, 1.165) is 49.8 Å². The van der Waals surface area contributed by atoms with Gasteiger partial charge < -0.3 is 10.2 Å². The number of halogens is 1. The van der Waals surface area contributed by atoms with Crippen LogP contribution in [0.3, 0.4) is 0 Å². The van der Waals surface area contributed by atoms with Gasteiger partial charge in [0.1, 0.15) is 0 Å². The fraction of sp³-hybridized carbons (Fsp3) is 0.562. The predicted octanol–water partition coefficient (Wildman–Crippen LogP) is 2.94. The number of nitrogens with one attached hydrogen (secondary N) is 1. The average Bonchev–Trinajstić information content (AvgIpc) is 3.30. The number of hydrogen-bond donors (Lipinski definition) is 1. The second-order valence-corrected chi connectivity index (χ2v) is 6.80. The van der Waals surface area contributed by atoms with Crippen LogP contribution in [0, 0.1) is 5.92 Å². The maximum atomic E-state index is 12.0. The fourth-order valence-corrected chi connectivity index (χ4v) is 3.25. The van der Waals surface area contributed by atoms with Gasteiger partial charge >= 0.3 is 0 Å². The SMILES string of the molecule is O=C(C1CC1)N1CCC(NCc2cccc(Br)c2)CC1. The van der Waals surface area contributed by atoms with Crippen LogP contribution in [0.25, 0.3) is 0 Å². The van der Waals surface area contributed by atoms with Crippen LogP contribution in [0.5, 0.6) is 0 Å². The lowest BCUT2D eigenvalue weighted by Crippen LogP contribution is -2.45. The van der Waals surface area contributed by atoms with Crippen LogP contribution in [0.15, 0.2) is 28.7 Å². The maximum absolute atomic E-state index is 12.0. The van der Waals surface area contributed by atoms with Crippen LogP contribution in [0.2, 0.25) is 0 Å². The lowest BCUT2D eigenvalue weighted by atomic mass is 10.0. The Hall–Kier alpha value is -0.870. The lowest BCUT2D eigenvalue weighted by Gasteiger charge is -2.32. The Bertz CT molecular complexity index is 479. The molecule has 0 atom stereocenters. The summed E-state index contributed by atoms with van der Waals surface area (Å²) in [6.07, 6.45) is 4.37. The Morgan fingerprint density at radius 1 is 1.25 bits per heavy atom. The van der Waals surface area contributed by atoms with Gasteiger partial charge in [0.15, 0.2) is 0 Å². The highest BCUT2D eigenvalue weighted by atomic mass is 79.9. The van der Waals surface area contributed by atoms with Gasteiger partial charge in [-0.05, 0) is 43.4 Å². The largest absolute Gasteiger partial charge is 0.342 e. The molecule has 4 heteroatoms. The normalized spacial score (nSPS) is 20.1. The molecule has 1 aromatic carbocycles. The molecule has 3 rings (SSSR count). The first-order valence-corrected chi connectivity index (χ1v) is 8.28. The number of nitrogens with zero attached hydrogens (tertiary/aromatic N) is 1. The van der Waals surface area contributed by atoms with Gasteiger partial charge in [-0.15, -0.1) is 0 Å². The van der Waals surface area contributed by atoms with Crippen LogP contribution in [0.1, 0.15) is 31.2 Å². The van der Waals surface area contributed by atoms with Gasteiger partial charge in [-0.25, -0.2) is 0 Å². The number of carbonyl (C=O) groups excluding carboxylic acids is 1. The van der Waals surface area contributed by atoms with Crippen LogP contribution in [-0.2, 0) is 11.3 Å². The van der Waals surface area contributed by atoms with Gasteiger partial charge in [-0.3, -0.25) is 4.79 Å². The molecule has 0 bridgehead atoms. The van der Waals surface area contributed by atoms with Crippen molar-refractivity contribution in [3.05, 3.63) is 34.3 Å². The van der Waals surface area contributed by atoms with Crippen molar-refractivity contribution in [2.45, 2.75) is 38.3 Å². The van der Waals surface area contributed by atoms with Gasteiger partial charge in [0.25, 0.3) is 0 Å². The third-order valence-electron chi connectivity index (χ3n) is 4.22. The van der Waals surface area contributed by atoms with Gasteiger partial charge in [-0.2, -0.15) is 0 Å². The molecule has 1 amide bonds. The zero-order valence-corrected chi connectivity index (χ0v) is 13.2.